The van der Waals surface area contributed by atoms with E-state index in [1.54, 1.807) is 41.1 Å². The van der Waals surface area contributed by atoms with Crippen LogP contribution in [0.4, 0.5) is 5.69 Å². The molecule has 0 unspecified atom stereocenters. The Hall–Kier alpha value is -2.67. The van der Waals surface area contributed by atoms with E-state index in [2.05, 4.69) is 31.3 Å². The SMILES string of the molecule is O=C(Nc1ccccc1Cl)c1nc(-c2ccc(Cl)cc2)n(-c2ccc(Br)cc2)n1. The maximum Gasteiger partial charge on any atom is 0.295 e. The molecule has 0 atom stereocenters. The highest BCUT2D eigenvalue weighted by atomic mass is 79.9. The van der Waals surface area contributed by atoms with E-state index >= 15 is 0 Å². The van der Waals surface area contributed by atoms with Gasteiger partial charge in [0.25, 0.3) is 5.91 Å². The van der Waals surface area contributed by atoms with Crippen molar-refractivity contribution in [3.63, 3.8) is 0 Å². The first-order valence-electron chi connectivity index (χ1n) is 8.56. The van der Waals surface area contributed by atoms with Crippen molar-refractivity contribution in [1.29, 1.82) is 0 Å². The van der Waals surface area contributed by atoms with Gasteiger partial charge in [-0.15, -0.1) is 5.10 Å². The summed E-state index contributed by atoms with van der Waals surface area (Å²) in [6.07, 6.45) is 0. The van der Waals surface area contributed by atoms with Crippen molar-refractivity contribution in [2.45, 2.75) is 0 Å². The number of amides is 1. The predicted molar refractivity (Wildman–Crippen MR) is 119 cm³/mol. The number of hydrogen-bond donors (Lipinski definition) is 1. The van der Waals surface area contributed by atoms with Crippen LogP contribution in [-0.4, -0.2) is 20.7 Å². The van der Waals surface area contributed by atoms with Gasteiger partial charge in [-0.1, -0.05) is 51.3 Å². The minimum absolute atomic E-state index is 0.0257. The van der Waals surface area contributed by atoms with Gasteiger partial charge in [-0.25, -0.2) is 9.67 Å². The van der Waals surface area contributed by atoms with Crippen molar-refractivity contribution in [3.05, 3.63) is 93.1 Å². The predicted octanol–water partition coefficient (Wildman–Crippen LogP) is 6.26. The minimum Gasteiger partial charge on any atom is -0.318 e. The lowest BCUT2D eigenvalue weighted by atomic mass is 10.2. The number of halogens is 3. The molecule has 1 heterocycles. The zero-order chi connectivity index (χ0) is 20.4. The molecule has 0 aliphatic carbocycles. The fraction of sp³-hybridized carbons (Fsp3) is 0. The fourth-order valence-corrected chi connectivity index (χ4v) is 3.27. The normalized spacial score (nSPS) is 10.7. The standard InChI is InChI=1S/C21H13BrCl2N4O/c22-14-7-11-16(12-8-14)28-20(13-5-9-15(23)10-6-13)26-19(27-28)21(29)25-18-4-2-1-3-17(18)24/h1-12H,(H,25,29). The molecular weight excluding hydrogens is 475 g/mol. The number of nitrogens with zero attached hydrogens (tertiary/aromatic N) is 3. The van der Waals surface area contributed by atoms with Crippen LogP contribution >= 0.6 is 39.1 Å². The van der Waals surface area contributed by atoms with E-state index in [1.807, 2.05) is 36.4 Å². The smallest absolute Gasteiger partial charge is 0.295 e. The Labute approximate surface area is 185 Å². The van der Waals surface area contributed by atoms with E-state index in [4.69, 9.17) is 23.2 Å². The molecular formula is C21H13BrCl2N4O. The van der Waals surface area contributed by atoms with E-state index in [0.29, 0.717) is 21.6 Å². The van der Waals surface area contributed by atoms with E-state index in [-0.39, 0.29) is 5.82 Å². The average Bonchev–Trinajstić information content (AvgIpc) is 3.16. The number of aromatic nitrogens is 3. The fourth-order valence-electron chi connectivity index (χ4n) is 2.70. The van der Waals surface area contributed by atoms with Crippen LogP contribution in [0.5, 0.6) is 0 Å². The molecule has 0 bridgehead atoms. The Morgan fingerprint density at radius 3 is 2.31 bits per heavy atom. The van der Waals surface area contributed by atoms with Crippen LogP contribution in [0.15, 0.2) is 77.3 Å². The molecule has 5 nitrogen and oxygen atoms in total. The van der Waals surface area contributed by atoms with E-state index < -0.39 is 5.91 Å². The summed E-state index contributed by atoms with van der Waals surface area (Å²) < 4.78 is 2.56. The Morgan fingerprint density at radius 1 is 0.931 bits per heavy atom. The third-order valence-electron chi connectivity index (χ3n) is 4.11. The molecule has 4 rings (SSSR count). The molecule has 29 heavy (non-hydrogen) atoms. The highest BCUT2D eigenvalue weighted by Gasteiger charge is 2.19. The summed E-state index contributed by atoms with van der Waals surface area (Å²) in [4.78, 5) is 17.2. The number of carbonyl (C=O) groups excluding carboxylic acids is 1. The molecule has 0 spiro atoms. The summed E-state index contributed by atoms with van der Waals surface area (Å²) in [6, 6.07) is 21.7. The van der Waals surface area contributed by atoms with Crippen molar-refractivity contribution < 1.29 is 4.79 Å². The summed E-state index contributed by atoms with van der Waals surface area (Å²) in [7, 11) is 0. The molecule has 0 fully saturated rings. The van der Waals surface area contributed by atoms with Gasteiger partial charge in [0.1, 0.15) is 0 Å². The third-order valence-corrected chi connectivity index (χ3v) is 5.22. The van der Waals surface area contributed by atoms with E-state index in [0.717, 1.165) is 15.7 Å². The molecule has 1 N–H and O–H groups in total. The van der Waals surface area contributed by atoms with Crippen LogP contribution < -0.4 is 5.32 Å². The Kier molecular flexibility index (Phi) is 5.67. The molecule has 4 aromatic rings. The summed E-state index contributed by atoms with van der Waals surface area (Å²) in [5.41, 5.74) is 2.04. The molecule has 0 aliphatic heterocycles. The van der Waals surface area contributed by atoms with Gasteiger partial charge < -0.3 is 5.32 Å². The first kappa shape index (κ1) is 19.6. The molecule has 3 aromatic carbocycles. The Bertz CT molecular complexity index is 1110. The van der Waals surface area contributed by atoms with E-state index in [9.17, 15) is 4.79 Å². The van der Waals surface area contributed by atoms with Gasteiger partial charge in [0.2, 0.25) is 5.82 Å². The molecule has 0 radical (unpaired) electrons. The van der Waals surface area contributed by atoms with Crippen LogP contribution in [0.25, 0.3) is 17.1 Å². The first-order chi connectivity index (χ1) is 14.0. The van der Waals surface area contributed by atoms with Crippen molar-refractivity contribution in [2.24, 2.45) is 0 Å². The number of para-hydroxylation sites is 1. The molecule has 1 amide bonds. The Morgan fingerprint density at radius 2 is 1.62 bits per heavy atom. The first-order valence-corrected chi connectivity index (χ1v) is 10.1. The van der Waals surface area contributed by atoms with E-state index in [1.165, 1.54) is 0 Å². The van der Waals surface area contributed by atoms with Gasteiger partial charge in [-0.3, -0.25) is 4.79 Å². The molecule has 1 aromatic heterocycles. The lowest BCUT2D eigenvalue weighted by Crippen LogP contribution is -2.14. The zero-order valence-corrected chi connectivity index (χ0v) is 17.9. The second-order valence-corrected chi connectivity index (χ2v) is 7.85. The number of rotatable bonds is 4. The monoisotopic (exact) mass is 486 g/mol. The molecule has 0 saturated heterocycles. The topological polar surface area (TPSA) is 59.8 Å². The van der Waals surface area contributed by atoms with Crippen molar-refractivity contribution in [3.8, 4) is 17.1 Å². The van der Waals surface area contributed by atoms with Gasteiger partial charge in [0.05, 0.1) is 16.4 Å². The maximum absolute atomic E-state index is 12.8. The highest BCUT2D eigenvalue weighted by Crippen LogP contribution is 2.25. The lowest BCUT2D eigenvalue weighted by molar-refractivity contribution is 0.101. The largest absolute Gasteiger partial charge is 0.318 e. The van der Waals surface area contributed by atoms with Gasteiger partial charge >= 0.3 is 0 Å². The number of nitrogens with one attached hydrogen (secondary N) is 1. The van der Waals surface area contributed by atoms with Crippen LogP contribution in [-0.2, 0) is 0 Å². The maximum atomic E-state index is 12.8. The van der Waals surface area contributed by atoms with Gasteiger partial charge in [0, 0.05) is 15.1 Å². The minimum atomic E-state index is -0.454. The summed E-state index contributed by atoms with van der Waals surface area (Å²) in [6.45, 7) is 0. The molecule has 144 valence electrons. The van der Waals surface area contributed by atoms with Crippen LogP contribution in [0.1, 0.15) is 10.6 Å². The second kappa shape index (κ2) is 8.37. The van der Waals surface area contributed by atoms with Crippen molar-refractivity contribution >= 4 is 50.7 Å². The van der Waals surface area contributed by atoms with Gasteiger partial charge in [-0.2, -0.15) is 0 Å². The molecule has 8 heteroatoms. The number of anilines is 1. The van der Waals surface area contributed by atoms with Gasteiger partial charge in [0.15, 0.2) is 5.82 Å². The average molecular weight is 488 g/mol. The summed E-state index contributed by atoms with van der Waals surface area (Å²) >= 11 is 15.6. The number of benzene rings is 3. The van der Waals surface area contributed by atoms with Crippen LogP contribution in [0.3, 0.4) is 0 Å². The lowest BCUT2D eigenvalue weighted by Gasteiger charge is -2.06. The summed E-state index contributed by atoms with van der Waals surface area (Å²) in [5, 5.41) is 8.23. The summed E-state index contributed by atoms with van der Waals surface area (Å²) in [5.74, 6) is 0.0928. The van der Waals surface area contributed by atoms with Gasteiger partial charge in [-0.05, 0) is 60.7 Å². The quantitative estimate of drug-likeness (QED) is 0.369. The Balaban J connectivity index is 1.76. The van der Waals surface area contributed by atoms with Crippen LogP contribution in [0.2, 0.25) is 10.0 Å². The van der Waals surface area contributed by atoms with Crippen LogP contribution in [0, 0.1) is 0 Å². The van der Waals surface area contributed by atoms with Crippen molar-refractivity contribution in [2.75, 3.05) is 5.32 Å². The molecule has 0 aliphatic rings. The highest BCUT2D eigenvalue weighted by molar-refractivity contribution is 9.10. The third kappa shape index (κ3) is 4.34. The zero-order valence-electron chi connectivity index (χ0n) is 14.8. The number of carbonyl (C=O) groups is 1. The number of hydrogen-bond acceptors (Lipinski definition) is 3. The van der Waals surface area contributed by atoms with Crippen molar-refractivity contribution in [1.82, 2.24) is 14.8 Å². The second-order valence-electron chi connectivity index (χ2n) is 6.09. The molecule has 0 saturated carbocycles.